The third-order valence-electron chi connectivity index (χ3n) is 3.22. The number of aliphatic hydroxyl groups excluding tert-OH is 1. The van der Waals surface area contributed by atoms with Gasteiger partial charge in [0.1, 0.15) is 5.70 Å². The maximum Gasteiger partial charge on any atom is 0.277 e. The van der Waals surface area contributed by atoms with Crippen LogP contribution in [0.3, 0.4) is 0 Å². The fraction of sp³-hybridized carbons (Fsp3) is 0.133. The van der Waals surface area contributed by atoms with Gasteiger partial charge in [-0.1, -0.05) is 6.07 Å². The first-order chi connectivity index (χ1) is 10.2. The maximum absolute atomic E-state index is 12.0. The van der Waals surface area contributed by atoms with Gasteiger partial charge in [0.15, 0.2) is 0 Å². The Morgan fingerprint density at radius 1 is 1.24 bits per heavy atom. The van der Waals surface area contributed by atoms with Gasteiger partial charge in [-0.25, -0.2) is 0 Å². The summed E-state index contributed by atoms with van der Waals surface area (Å²) >= 11 is 0. The summed E-state index contributed by atoms with van der Waals surface area (Å²) in [7, 11) is 0. The Kier molecular flexibility index (Phi) is 3.37. The van der Waals surface area contributed by atoms with Crippen LogP contribution in [-0.4, -0.2) is 40.0 Å². The number of rotatable bonds is 4. The summed E-state index contributed by atoms with van der Waals surface area (Å²) in [6.07, 6.45) is 2.95. The Hall–Kier alpha value is -2.73. The minimum atomic E-state index is -0.430. The molecule has 6 nitrogen and oxygen atoms in total. The molecule has 0 fully saturated rings. The van der Waals surface area contributed by atoms with Crippen molar-refractivity contribution in [3.05, 3.63) is 48.3 Å². The van der Waals surface area contributed by atoms with Gasteiger partial charge in [-0.3, -0.25) is 19.5 Å². The molecule has 1 aliphatic rings. The SMILES string of the molecule is O=C1C=C(Nc2ccc3ncccc3c2)C(=O)N1CCO. The van der Waals surface area contributed by atoms with Gasteiger partial charge in [-0.15, -0.1) is 0 Å². The van der Waals surface area contributed by atoms with E-state index in [1.54, 1.807) is 12.3 Å². The molecule has 0 atom stereocenters. The van der Waals surface area contributed by atoms with Crippen LogP contribution in [0.15, 0.2) is 48.3 Å². The van der Waals surface area contributed by atoms with Crippen molar-refractivity contribution in [2.45, 2.75) is 0 Å². The van der Waals surface area contributed by atoms with E-state index in [0.29, 0.717) is 5.69 Å². The van der Waals surface area contributed by atoms with Crippen LogP contribution >= 0.6 is 0 Å². The fourth-order valence-corrected chi connectivity index (χ4v) is 2.22. The summed E-state index contributed by atoms with van der Waals surface area (Å²) in [6.45, 7) is -0.249. The van der Waals surface area contributed by atoms with Crippen molar-refractivity contribution in [3.8, 4) is 0 Å². The number of β-amino-alcohol motifs (C(OH)–C–C–N with tert-alkyl or cyclic N) is 1. The number of aliphatic hydroxyl groups is 1. The monoisotopic (exact) mass is 283 g/mol. The fourth-order valence-electron chi connectivity index (χ4n) is 2.22. The molecule has 2 aromatic rings. The van der Waals surface area contributed by atoms with Crippen molar-refractivity contribution in [2.24, 2.45) is 0 Å². The molecule has 6 heteroatoms. The molecule has 1 aliphatic heterocycles. The standard InChI is InChI=1S/C15H13N3O3/c19-7-6-18-14(20)9-13(15(18)21)17-11-3-4-12-10(8-11)2-1-5-16-12/h1-5,8-9,17,19H,6-7H2. The van der Waals surface area contributed by atoms with Crippen LogP contribution in [0.25, 0.3) is 10.9 Å². The van der Waals surface area contributed by atoms with E-state index >= 15 is 0 Å². The van der Waals surface area contributed by atoms with Gasteiger partial charge in [-0.05, 0) is 24.3 Å². The predicted octanol–water partition coefficient (Wildman–Crippen LogP) is 0.892. The van der Waals surface area contributed by atoms with Gasteiger partial charge in [-0.2, -0.15) is 0 Å². The van der Waals surface area contributed by atoms with Crippen molar-refractivity contribution < 1.29 is 14.7 Å². The van der Waals surface area contributed by atoms with Crippen LogP contribution in [0.1, 0.15) is 0 Å². The molecule has 0 spiro atoms. The zero-order valence-electron chi connectivity index (χ0n) is 11.1. The third-order valence-corrected chi connectivity index (χ3v) is 3.22. The molecule has 2 heterocycles. The molecule has 1 aromatic carbocycles. The number of pyridine rings is 1. The largest absolute Gasteiger partial charge is 0.395 e. The highest BCUT2D eigenvalue weighted by Crippen LogP contribution is 2.21. The van der Waals surface area contributed by atoms with E-state index < -0.39 is 11.8 Å². The number of anilines is 1. The second kappa shape index (κ2) is 5.34. The van der Waals surface area contributed by atoms with Crippen LogP contribution in [0.2, 0.25) is 0 Å². The molecule has 3 rings (SSSR count). The lowest BCUT2D eigenvalue weighted by atomic mass is 10.2. The molecule has 106 valence electrons. The molecule has 0 unspecified atom stereocenters. The van der Waals surface area contributed by atoms with Gasteiger partial charge in [0.05, 0.1) is 18.7 Å². The van der Waals surface area contributed by atoms with Crippen LogP contribution in [0, 0.1) is 0 Å². The molecule has 1 aromatic heterocycles. The number of hydrogen-bond donors (Lipinski definition) is 2. The second-order valence-corrected chi connectivity index (χ2v) is 4.61. The van der Waals surface area contributed by atoms with E-state index in [1.165, 1.54) is 6.08 Å². The molecule has 2 amide bonds. The van der Waals surface area contributed by atoms with Gasteiger partial charge in [0, 0.05) is 23.3 Å². The number of amides is 2. The molecule has 21 heavy (non-hydrogen) atoms. The smallest absolute Gasteiger partial charge is 0.277 e. The van der Waals surface area contributed by atoms with Gasteiger partial charge in [0.2, 0.25) is 0 Å². The number of carbonyl (C=O) groups is 2. The molecule has 0 aliphatic carbocycles. The van der Waals surface area contributed by atoms with Crippen LogP contribution < -0.4 is 5.32 Å². The highest BCUT2D eigenvalue weighted by Gasteiger charge is 2.30. The first kappa shape index (κ1) is 13.3. The van der Waals surface area contributed by atoms with Gasteiger partial charge in [0.25, 0.3) is 11.8 Å². The first-order valence-corrected chi connectivity index (χ1v) is 6.49. The van der Waals surface area contributed by atoms with E-state index in [-0.39, 0.29) is 18.8 Å². The van der Waals surface area contributed by atoms with Crippen molar-refractivity contribution in [1.29, 1.82) is 0 Å². The van der Waals surface area contributed by atoms with E-state index in [9.17, 15) is 9.59 Å². The maximum atomic E-state index is 12.0. The number of nitrogens with one attached hydrogen (secondary N) is 1. The lowest BCUT2D eigenvalue weighted by molar-refractivity contribution is -0.137. The number of aromatic nitrogens is 1. The minimum absolute atomic E-state index is 0.000979. The van der Waals surface area contributed by atoms with Gasteiger partial charge < -0.3 is 10.4 Å². The van der Waals surface area contributed by atoms with Crippen LogP contribution in [0.5, 0.6) is 0 Å². The zero-order chi connectivity index (χ0) is 14.8. The van der Waals surface area contributed by atoms with E-state index in [1.807, 2.05) is 24.3 Å². The molecule has 0 saturated carbocycles. The lowest BCUT2D eigenvalue weighted by Crippen LogP contribution is -2.34. The summed E-state index contributed by atoms with van der Waals surface area (Å²) in [4.78, 5) is 28.9. The molecule has 0 radical (unpaired) electrons. The average Bonchev–Trinajstić information content (AvgIpc) is 2.75. The number of imide groups is 1. The average molecular weight is 283 g/mol. The molecule has 2 N–H and O–H groups in total. The molecule has 0 saturated heterocycles. The summed E-state index contributed by atoms with van der Waals surface area (Å²) in [5.74, 6) is -0.848. The summed E-state index contributed by atoms with van der Waals surface area (Å²) < 4.78 is 0. The number of benzene rings is 1. The Labute approximate surface area is 120 Å². The number of fused-ring (bicyclic) bond motifs is 1. The molecule has 0 bridgehead atoms. The first-order valence-electron chi connectivity index (χ1n) is 6.49. The van der Waals surface area contributed by atoms with E-state index in [2.05, 4.69) is 10.3 Å². The second-order valence-electron chi connectivity index (χ2n) is 4.61. The summed E-state index contributed by atoms with van der Waals surface area (Å²) in [5.41, 5.74) is 1.76. The minimum Gasteiger partial charge on any atom is -0.395 e. The topological polar surface area (TPSA) is 82.5 Å². The van der Waals surface area contributed by atoms with Crippen molar-refractivity contribution in [1.82, 2.24) is 9.88 Å². The van der Waals surface area contributed by atoms with Crippen LogP contribution in [0.4, 0.5) is 5.69 Å². The van der Waals surface area contributed by atoms with Crippen LogP contribution in [-0.2, 0) is 9.59 Å². The Bertz CT molecular complexity index is 755. The number of nitrogens with zero attached hydrogens (tertiary/aromatic N) is 2. The molecular formula is C15H13N3O3. The Balaban J connectivity index is 1.84. The summed E-state index contributed by atoms with van der Waals surface area (Å²) in [6, 6.07) is 9.24. The lowest BCUT2D eigenvalue weighted by Gasteiger charge is -2.13. The van der Waals surface area contributed by atoms with Gasteiger partial charge >= 0.3 is 0 Å². The Morgan fingerprint density at radius 3 is 2.90 bits per heavy atom. The van der Waals surface area contributed by atoms with Crippen molar-refractivity contribution in [2.75, 3.05) is 18.5 Å². The third kappa shape index (κ3) is 2.48. The number of carbonyl (C=O) groups excluding carboxylic acids is 2. The predicted molar refractivity (Wildman–Crippen MR) is 77.3 cm³/mol. The molecular weight excluding hydrogens is 270 g/mol. The van der Waals surface area contributed by atoms with E-state index in [4.69, 9.17) is 5.11 Å². The zero-order valence-corrected chi connectivity index (χ0v) is 11.1. The highest BCUT2D eigenvalue weighted by molar-refractivity contribution is 6.17. The number of hydrogen-bond acceptors (Lipinski definition) is 5. The Morgan fingerprint density at radius 2 is 2.10 bits per heavy atom. The quantitative estimate of drug-likeness (QED) is 0.814. The summed E-state index contributed by atoms with van der Waals surface area (Å²) in [5, 5.41) is 12.7. The van der Waals surface area contributed by atoms with E-state index in [0.717, 1.165) is 15.8 Å². The van der Waals surface area contributed by atoms with Crippen molar-refractivity contribution >= 4 is 28.4 Å². The normalized spacial score (nSPS) is 14.7. The van der Waals surface area contributed by atoms with Crippen molar-refractivity contribution in [3.63, 3.8) is 0 Å². The highest BCUT2D eigenvalue weighted by atomic mass is 16.3.